The second-order valence-corrected chi connectivity index (χ2v) is 7.18. The third kappa shape index (κ3) is 5.82. The maximum Gasteiger partial charge on any atom is 0.340 e. The van der Waals surface area contributed by atoms with Crippen molar-refractivity contribution in [2.24, 2.45) is 0 Å². The predicted octanol–water partition coefficient (Wildman–Crippen LogP) is 0.510. The van der Waals surface area contributed by atoms with Crippen molar-refractivity contribution in [1.29, 1.82) is 0 Å². The first-order valence-corrected chi connectivity index (χ1v) is 9.36. The van der Waals surface area contributed by atoms with Crippen molar-refractivity contribution < 1.29 is 27.5 Å². The van der Waals surface area contributed by atoms with Crippen LogP contribution in [0.4, 0.5) is 5.69 Å². The summed E-state index contributed by atoms with van der Waals surface area (Å²) in [6, 6.07) is 6.01. The molecule has 1 fully saturated rings. The van der Waals surface area contributed by atoms with Crippen molar-refractivity contribution in [3.8, 4) is 0 Å². The minimum Gasteiger partial charge on any atom is -0.452 e. The van der Waals surface area contributed by atoms with E-state index in [1.165, 1.54) is 12.1 Å². The average Bonchev–Trinajstić information content (AvgIpc) is 3.03. The monoisotopic (exact) mass is 356 g/mol. The van der Waals surface area contributed by atoms with E-state index in [1.807, 2.05) is 0 Å². The van der Waals surface area contributed by atoms with Gasteiger partial charge < -0.3 is 14.8 Å². The number of hydrogen-bond donors (Lipinski definition) is 2. The summed E-state index contributed by atoms with van der Waals surface area (Å²) >= 11 is 0. The summed E-state index contributed by atoms with van der Waals surface area (Å²) in [6.45, 7) is 0.626. The van der Waals surface area contributed by atoms with Gasteiger partial charge in [-0.2, -0.15) is 0 Å². The first kappa shape index (κ1) is 18.2. The SMILES string of the molecule is CS(=O)(=O)Nc1ccccc1C(=O)OCC(=O)NC[C@H]1CCCO1. The van der Waals surface area contributed by atoms with Crippen LogP contribution in [0.5, 0.6) is 0 Å². The number of carbonyl (C=O) groups is 2. The molecular formula is C15H20N2O6S. The Hall–Kier alpha value is -2.13. The van der Waals surface area contributed by atoms with Crippen LogP contribution < -0.4 is 10.0 Å². The molecule has 1 aromatic rings. The van der Waals surface area contributed by atoms with E-state index in [1.54, 1.807) is 12.1 Å². The molecule has 1 heterocycles. The molecule has 0 saturated carbocycles. The van der Waals surface area contributed by atoms with Gasteiger partial charge in [-0.3, -0.25) is 9.52 Å². The Balaban J connectivity index is 1.86. The lowest BCUT2D eigenvalue weighted by Gasteiger charge is -2.12. The third-order valence-corrected chi connectivity index (χ3v) is 3.92. The summed E-state index contributed by atoms with van der Waals surface area (Å²) in [6.07, 6.45) is 2.85. The Bertz CT molecular complexity index is 698. The second-order valence-electron chi connectivity index (χ2n) is 5.44. The molecule has 1 aliphatic heterocycles. The summed E-state index contributed by atoms with van der Waals surface area (Å²) in [5.74, 6) is -1.22. The Kier molecular flexibility index (Phi) is 6.16. The molecule has 1 atom stereocenters. The van der Waals surface area contributed by atoms with E-state index in [2.05, 4.69) is 10.0 Å². The van der Waals surface area contributed by atoms with Gasteiger partial charge >= 0.3 is 5.97 Å². The molecular weight excluding hydrogens is 336 g/mol. The molecule has 0 bridgehead atoms. The molecule has 0 spiro atoms. The largest absolute Gasteiger partial charge is 0.452 e. The van der Waals surface area contributed by atoms with E-state index in [0.29, 0.717) is 13.2 Å². The van der Waals surface area contributed by atoms with Crippen LogP contribution in [0.2, 0.25) is 0 Å². The summed E-state index contributed by atoms with van der Waals surface area (Å²) in [7, 11) is -3.53. The second kappa shape index (κ2) is 8.11. The van der Waals surface area contributed by atoms with Crippen LogP contribution in [0.25, 0.3) is 0 Å². The molecule has 1 amide bonds. The lowest BCUT2D eigenvalue weighted by molar-refractivity contribution is -0.124. The lowest BCUT2D eigenvalue weighted by Crippen LogP contribution is -2.34. The maximum absolute atomic E-state index is 12.1. The van der Waals surface area contributed by atoms with Gasteiger partial charge in [0, 0.05) is 13.2 Å². The van der Waals surface area contributed by atoms with Crippen LogP contribution in [-0.2, 0) is 24.3 Å². The molecule has 0 aliphatic carbocycles. The highest BCUT2D eigenvalue weighted by Gasteiger charge is 2.18. The topological polar surface area (TPSA) is 111 Å². The zero-order valence-electron chi connectivity index (χ0n) is 13.3. The van der Waals surface area contributed by atoms with Crippen LogP contribution in [0.3, 0.4) is 0 Å². The summed E-state index contributed by atoms with van der Waals surface area (Å²) < 4.78 is 35.2. The van der Waals surface area contributed by atoms with Gasteiger partial charge in [0.2, 0.25) is 10.0 Å². The van der Waals surface area contributed by atoms with Crippen molar-refractivity contribution in [2.75, 3.05) is 30.7 Å². The highest BCUT2D eigenvalue weighted by atomic mass is 32.2. The number of benzene rings is 1. The molecule has 2 rings (SSSR count). The van der Waals surface area contributed by atoms with Gasteiger partial charge in [-0.25, -0.2) is 13.2 Å². The molecule has 0 radical (unpaired) electrons. The van der Waals surface area contributed by atoms with E-state index in [-0.39, 0.29) is 17.4 Å². The minimum atomic E-state index is -3.53. The van der Waals surface area contributed by atoms with Gasteiger partial charge in [-0.15, -0.1) is 0 Å². The van der Waals surface area contributed by atoms with Gasteiger partial charge in [-0.1, -0.05) is 12.1 Å². The zero-order chi connectivity index (χ0) is 17.6. The summed E-state index contributed by atoms with van der Waals surface area (Å²) in [5.41, 5.74) is 0.139. The van der Waals surface area contributed by atoms with Gasteiger partial charge in [-0.05, 0) is 25.0 Å². The minimum absolute atomic E-state index is 0.00402. The molecule has 9 heteroatoms. The smallest absolute Gasteiger partial charge is 0.340 e. The fraction of sp³-hybridized carbons (Fsp3) is 0.467. The maximum atomic E-state index is 12.1. The van der Waals surface area contributed by atoms with Gasteiger partial charge in [0.1, 0.15) is 0 Å². The van der Waals surface area contributed by atoms with Crippen molar-refractivity contribution in [1.82, 2.24) is 5.32 Å². The summed E-state index contributed by atoms with van der Waals surface area (Å²) in [5, 5.41) is 2.63. The number of anilines is 1. The molecule has 8 nitrogen and oxygen atoms in total. The van der Waals surface area contributed by atoms with E-state index in [0.717, 1.165) is 19.1 Å². The lowest BCUT2D eigenvalue weighted by atomic mass is 10.2. The number of amides is 1. The van der Waals surface area contributed by atoms with E-state index in [9.17, 15) is 18.0 Å². The first-order valence-electron chi connectivity index (χ1n) is 7.47. The fourth-order valence-corrected chi connectivity index (χ4v) is 2.82. The van der Waals surface area contributed by atoms with E-state index in [4.69, 9.17) is 9.47 Å². The Morgan fingerprint density at radius 1 is 1.33 bits per heavy atom. The number of para-hydroxylation sites is 1. The van der Waals surface area contributed by atoms with Crippen LogP contribution in [0.1, 0.15) is 23.2 Å². The third-order valence-electron chi connectivity index (χ3n) is 3.33. The van der Waals surface area contributed by atoms with Crippen molar-refractivity contribution >= 4 is 27.6 Å². The Morgan fingerprint density at radius 3 is 2.75 bits per heavy atom. The molecule has 0 unspecified atom stereocenters. The average molecular weight is 356 g/mol. The Labute approximate surface area is 140 Å². The van der Waals surface area contributed by atoms with E-state index < -0.39 is 28.5 Å². The molecule has 1 saturated heterocycles. The van der Waals surface area contributed by atoms with Gasteiger partial charge in [0.25, 0.3) is 5.91 Å². The van der Waals surface area contributed by atoms with Crippen LogP contribution >= 0.6 is 0 Å². The zero-order valence-corrected chi connectivity index (χ0v) is 14.1. The number of hydrogen-bond acceptors (Lipinski definition) is 6. The number of nitrogens with one attached hydrogen (secondary N) is 2. The molecule has 2 N–H and O–H groups in total. The Morgan fingerprint density at radius 2 is 2.08 bits per heavy atom. The van der Waals surface area contributed by atoms with Crippen LogP contribution in [-0.4, -0.2) is 52.4 Å². The van der Waals surface area contributed by atoms with Crippen LogP contribution in [0.15, 0.2) is 24.3 Å². The molecule has 1 aromatic carbocycles. The van der Waals surface area contributed by atoms with Crippen LogP contribution in [0, 0.1) is 0 Å². The van der Waals surface area contributed by atoms with Crippen molar-refractivity contribution in [2.45, 2.75) is 18.9 Å². The highest BCUT2D eigenvalue weighted by Crippen LogP contribution is 2.17. The van der Waals surface area contributed by atoms with Crippen molar-refractivity contribution in [3.63, 3.8) is 0 Å². The molecule has 1 aliphatic rings. The summed E-state index contributed by atoms with van der Waals surface area (Å²) in [4.78, 5) is 23.7. The van der Waals surface area contributed by atoms with Crippen molar-refractivity contribution in [3.05, 3.63) is 29.8 Å². The van der Waals surface area contributed by atoms with Gasteiger partial charge in [0.05, 0.1) is 23.6 Å². The predicted molar refractivity (Wildman–Crippen MR) is 87.2 cm³/mol. The number of rotatable bonds is 7. The standard InChI is InChI=1S/C15H20N2O6S/c1-24(20,21)17-13-7-3-2-6-12(13)15(19)23-10-14(18)16-9-11-5-4-8-22-11/h2-3,6-7,11,17H,4-5,8-10H2,1H3,(H,16,18)/t11-/m1/s1. The normalized spacial score (nSPS) is 17.3. The molecule has 0 aromatic heterocycles. The first-order chi connectivity index (χ1) is 11.3. The number of carbonyl (C=O) groups excluding carboxylic acids is 2. The highest BCUT2D eigenvalue weighted by molar-refractivity contribution is 7.92. The molecule has 132 valence electrons. The number of esters is 1. The quantitative estimate of drug-likeness (QED) is 0.689. The van der Waals surface area contributed by atoms with Gasteiger partial charge in [0.15, 0.2) is 6.61 Å². The molecule has 24 heavy (non-hydrogen) atoms. The van der Waals surface area contributed by atoms with E-state index >= 15 is 0 Å². The fourth-order valence-electron chi connectivity index (χ4n) is 2.24. The number of sulfonamides is 1. The number of ether oxygens (including phenoxy) is 2.